The van der Waals surface area contributed by atoms with E-state index in [-0.39, 0.29) is 23.1 Å². The molecule has 0 aliphatic carbocycles. The highest BCUT2D eigenvalue weighted by atomic mass is 79.9. The molecule has 2 heterocycles. The molecule has 1 aliphatic heterocycles. The van der Waals surface area contributed by atoms with Crippen molar-refractivity contribution in [3.8, 4) is 11.5 Å². The minimum Gasteiger partial charge on any atom is -0.452 e. The van der Waals surface area contributed by atoms with Crippen molar-refractivity contribution in [2.75, 3.05) is 0 Å². The highest BCUT2D eigenvalue weighted by Crippen LogP contribution is 2.38. The van der Waals surface area contributed by atoms with Crippen LogP contribution in [0.3, 0.4) is 0 Å². The van der Waals surface area contributed by atoms with Gasteiger partial charge in [-0.1, -0.05) is 50.1 Å². The molecule has 0 N–H and O–H groups in total. The van der Waals surface area contributed by atoms with Gasteiger partial charge in [0.25, 0.3) is 0 Å². The average Bonchev–Trinajstić information content (AvgIpc) is 3.30. The lowest BCUT2D eigenvalue weighted by atomic mass is 10.0. The summed E-state index contributed by atoms with van der Waals surface area (Å²) in [5, 5.41) is 0.784. The Kier molecular flexibility index (Phi) is 5.23. The van der Waals surface area contributed by atoms with Gasteiger partial charge < -0.3 is 13.9 Å². The normalized spacial score (nSPS) is 14.0. The molecule has 0 radical (unpaired) electrons. The van der Waals surface area contributed by atoms with Gasteiger partial charge >= 0.3 is 5.97 Å². The molecule has 1 aliphatic rings. The number of carbonyl (C=O) groups excluding carboxylic acids is 2. The van der Waals surface area contributed by atoms with Crippen LogP contribution >= 0.6 is 31.9 Å². The lowest BCUT2D eigenvalue weighted by Crippen LogP contribution is -2.07. The summed E-state index contributed by atoms with van der Waals surface area (Å²) in [6.45, 7) is 1.78. The molecule has 1 aromatic heterocycles. The molecule has 5 rings (SSSR count). The maximum absolute atomic E-state index is 12.9. The number of allylic oxidation sites excluding steroid dienone is 1. The molecule has 3 aromatic carbocycles. The number of ether oxygens (including phenoxy) is 2. The Labute approximate surface area is 199 Å². The fourth-order valence-electron chi connectivity index (χ4n) is 3.54. The summed E-state index contributed by atoms with van der Waals surface area (Å²) in [4.78, 5) is 25.5. The summed E-state index contributed by atoms with van der Waals surface area (Å²) >= 11 is 6.87. The molecule has 0 amide bonds. The van der Waals surface area contributed by atoms with E-state index in [0.717, 1.165) is 19.9 Å². The van der Waals surface area contributed by atoms with Crippen molar-refractivity contribution in [3.63, 3.8) is 0 Å². The van der Waals surface area contributed by atoms with Crippen LogP contribution in [-0.2, 0) is 0 Å². The van der Waals surface area contributed by atoms with Crippen LogP contribution in [0.5, 0.6) is 11.5 Å². The van der Waals surface area contributed by atoms with E-state index in [1.54, 1.807) is 31.2 Å². The predicted octanol–water partition coefficient (Wildman–Crippen LogP) is 7.10. The quantitative estimate of drug-likeness (QED) is 0.154. The predicted molar refractivity (Wildman–Crippen MR) is 127 cm³/mol. The molecule has 0 bridgehead atoms. The first-order valence-electron chi connectivity index (χ1n) is 9.64. The minimum atomic E-state index is -0.634. The van der Waals surface area contributed by atoms with E-state index in [9.17, 15) is 9.59 Å². The van der Waals surface area contributed by atoms with Crippen molar-refractivity contribution < 1.29 is 23.5 Å². The van der Waals surface area contributed by atoms with Crippen molar-refractivity contribution >= 4 is 60.7 Å². The van der Waals surface area contributed by atoms with Crippen LogP contribution in [0.1, 0.15) is 32.0 Å². The summed E-state index contributed by atoms with van der Waals surface area (Å²) in [7, 11) is 0. The van der Waals surface area contributed by atoms with Gasteiger partial charge in [0, 0.05) is 20.4 Å². The minimum absolute atomic E-state index is 0.0859. The van der Waals surface area contributed by atoms with Crippen molar-refractivity contribution in [1.82, 2.24) is 0 Å². The van der Waals surface area contributed by atoms with Crippen molar-refractivity contribution in [2.24, 2.45) is 0 Å². The fraction of sp³-hybridized carbons (Fsp3) is 0.0400. The molecule has 5 nitrogen and oxygen atoms in total. The van der Waals surface area contributed by atoms with Gasteiger partial charge in [0.05, 0.1) is 5.56 Å². The number of aryl methyl sites for hydroxylation is 1. The monoisotopic (exact) mass is 552 g/mol. The Morgan fingerprint density at radius 1 is 1.03 bits per heavy atom. The van der Waals surface area contributed by atoms with Gasteiger partial charge in [-0.3, -0.25) is 4.79 Å². The van der Waals surface area contributed by atoms with Crippen LogP contribution in [0, 0.1) is 6.92 Å². The highest BCUT2D eigenvalue weighted by molar-refractivity contribution is 9.10. The molecular weight excluding hydrogens is 540 g/mol. The molecular formula is C25H14Br2O5. The number of halogens is 2. The number of ketones is 1. The SMILES string of the molecule is Cc1cc(OC(=O)c2cc3cc(Br)ccc3o2)cc2c1C(=O)/C(=C/c1ccccc1Br)O2. The van der Waals surface area contributed by atoms with E-state index in [1.165, 1.54) is 6.07 Å². The van der Waals surface area contributed by atoms with E-state index in [0.29, 0.717) is 22.5 Å². The zero-order valence-electron chi connectivity index (χ0n) is 16.6. The van der Waals surface area contributed by atoms with E-state index in [2.05, 4.69) is 31.9 Å². The van der Waals surface area contributed by atoms with E-state index in [1.807, 2.05) is 36.4 Å². The summed E-state index contributed by atoms with van der Waals surface area (Å²) in [6, 6.07) is 17.8. The second-order valence-corrected chi connectivity index (χ2v) is 9.03. The largest absolute Gasteiger partial charge is 0.452 e. The molecule has 0 saturated carbocycles. The van der Waals surface area contributed by atoms with Gasteiger partial charge in [0.2, 0.25) is 11.5 Å². The maximum atomic E-state index is 12.9. The Bertz CT molecular complexity index is 1450. The Morgan fingerprint density at radius 3 is 2.66 bits per heavy atom. The summed E-state index contributed by atoms with van der Waals surface area (Å²) in [5.41, 5.74) is 2.52. The number of rotatable bonds is 3. The number of carbonyl (C=O) groups is 2. The van der Waals surface area contributed by atoms with Crippen molar-refractivity contribution in [2.45, 2.75) is 6.92 Å². The molecule has 4 aromatic rings. The van der Waals surface area contributed by atoms with Crippen molar-refractivity contribution in [3.05, 3.63) is 97.8 Å². The number of Topliss-reactive ketones (excluding diaryl/α,β-unsaturated/α-hetero) is 1. The molecule has 7 heteroatoms. The van der Waals surface area contributed by atoms with E-state index < -0.39 is 5.97 Å². The Balaban J connectivity index is 1.42. The molecule has 0 spiro atoms. The number of esters is 1. The third-order valence-electron chi connectivity index (χ3n) is 5.03. The maximum Gasteiger partial charge on any atom is 0.379 e. The van der Waals surface area contributed by atoms with Crippen LogP contribution in [0.2, 0.25) is 0 Å². The number of hydrogen-bond acceptors (Lipinski definition) is 5. The molecule has 0 fully saturated rings. The molecule has 0 saturated heterocycles. The van der Waals surface area contributed by atoms with E-state index >= 15 is 0 Å². The zero-order valence-corrected chi connectivity index (χ0v) is 19.8. The Hall–Kier alpha value is -3.16. The number of hydrogen-bond donors (Lipinski definition) is 0. The van der Waals surface area contributed by atoms with Gasteiger partial charge in [-0.05, 0) is 60.5 Å². The lowest BCUT2D eigenvalue weighted by Gasteiger charge is -2.06. The van der Waals surface area contributed by atoms with Gasteiger partial charge in [0.15, 0.2) is 5.76 Å². The van der Waals surface area contributed by atoms with Crippen LogP contribution in [0.4, 0.5) is 0 Å². The fourth-order valence-corrected chi connectivity index (χ4v) is 4.32. The van der Waals surface area contributed by atoms with Gasteiger partial charge in [0.1, 0.15) is 17.1 Å². The summed E-state index contributed by atoms with van der Waals surface area (Å²) in [5.74, 6) is 0.0653. The van der Waals surface area contributed by atoms with Crippen molar-refractivity contribution in [1.29, 1.82) is 0 Å². The summed E-state index contributed by atoms with van der Waals surface area (Å²) < 4.78 is 18.7. The van der Waals surface area contributed by atoms with Crippen LogP contribution in [0.15, 0.2) is 79.8 Å². The molecule has 32 heavy (non-hydrogen) atoms. The number of furan rings is 1. The summed E-state index contributed by atoms with van der Waals surface area (Å²) in [6.07, 6.45) is 1.68. The second kappa shape index (κ2) is 8.07. The number of benzene rings is 3. The van der Waals surface area contributed by atoms with Crippen LogP contribution in [0.25, 0.3) is 17.0 Å². The smallest absolute Gasteiger partial charge is 0.379 e. The molecule has 158 valence electrons. The van der Waals surface area contributed by atoms with Gasteiger partial charge in [-0.2, -0.15) is 0 Å². The molecule has 0 atom stereocenters. The third kappa shape index (κ3) is 3.78. The van der Waals surface area contributed by atoms with Crippen LogP contribution < -0.4 is 9.47 Å². The standard InChI is InChI=1S/C25H14Br2O5/c1-13-8-17(30-25(29)22-11-15-9-16(26)6-7-19(15)31-22)12-20-23(13)24(28)21(32-20)10-14-4-2-3-5-18(14)27/h2-12H,1H3/b21-10-. The topological polar surface area (TPSA) is 65.7 Å². The van der Waals surface area contributed by atoms with Crippen LogP contribution in [-0.4, -0.2) is 11.8 Å². The molecule has 0 unspecified atom stereocenters. The first-order valence-corrected chi connectivity index (χ1v) is 11.2. The second-order valence-electron chi connectivity index (χ2n) is 7.26. The first kappa shape index (κ1) is 20.7. The highest BCUT2D eigenvalue weighted by Gasteiger charge is 2.30. The Morgan fingerprint density at radius 2 is 1.84 bits per heavy atom. The van der Waals surface area contributed by atoms with Gasteiger partial charge in [-0.15, -0.1) is 0 Å². The third-order valence-corrected chi connectivity index (χ3v) is 6.24. The first-order chi connectivity index (χ1) is 15.4. The zero-order chi connectivity index (χ0) is 22.4. The lowest BCUT2D eigenvalue weighted by molar-refractivity contribution is 0.0703. The number of fused-ring (bicyclic) bond motifs is 2. The average molecular weight is 554 g/mol. The van der Waals surface area contributed by atoms with E-state index in [4.69, 9.17) is 13.9 Å². The van der Waals surface area contributed by atoms with Gasteiger partial charge in [-0.25, -0.2) is 4.79 Å².